The summed E-state index contributed by atoms with van der Waals surface area (Å²) in [6.07, 6.45) is 4.20. The number of rotatable bonds is 9. The highest BCUT2D eigenvalue weighted by Gasteiger charge is 2.46. The Kier molecular flexibility index (Phi) is 12.4. The molecule has 4 atom stereocenters. The average molecular weight is 823 g/mol. The second-order valence-corrected chi connectivity index (χ2v) is 21.9. The van der Waals surface area contributed by atoms with Crippen molar-refractivity contribution in [1.29, 1.82) is 0 Å². The van der Waals surface area contributed by atoms with Crippen LogP contribution in [0, 0.1) is 23.7 Å². The van der Waals surface area contributed by atoms with Gasteiger partial charge in [-0.3, -0.25) is 9.59 Å². The number of fused-ring (bicyclic) bond motifs is 1. The molecule has 4 aromatic rings. The Balaban J connectivity index is 1.03. The molecule has 4 amide bonds. The number of ether oxygens (including phenoxy) is 3. The number of H-pyrrole nitrogens is 2. The van der Waals surface area contributed by atoms with Crippen LogP contribution in [0.3, 0.4) is 0 Å². The fourth-order valence-electron chi connectivity index (χ4n) is 8.52. The Morgan fingerprint density at radius 3 is 2.27 bits per heavy atom. The van der Waals surface area contributed by atoms with E-state index in [9.17, 15) is 19.2 Å². The number of imidazole rings is 2. The van der Waals surface area contributed by atoms with Crippen molar-refractivity contribution in [1.82, 2.24) is 40.4 Å². The molecule has 3 saturated heterocycles. The molecule has 0 bridgehead atoms. The van der Waals surface area contributed by atoms with Crippen LogP contribution < -0.4 is 10.6 Å². The molecule has 5 heterocycles. The van der Waals surface area contributed by atoms with Crippen LogP contribution in [0.4, 0.5) is 9.59 Å². The van der Waals surface area contributed by atoms with Gasteiger partial charge >= 0.3 is 12.2 Å². The van der Waals surface area contributed by atoms with E-state index in [1.165, 1.54) is 14.2 Å². The van der Waals surface area contributed by atoms with Gasteiger partial charge in [-0.15, -0.1) is 0 Å². The number of alkyl carbamates (subject to hydrolysis) is 2. The van der Waals surface area contributed by atoms with E-state index >= 15 is 0 Å². The number of benzene rings is 2. The third-order valence-electron chi connectivity index (χ3n) is 11.7. The number of aromatic amines is 2. The SMILES string of the molecule is COC(=O)N[C@H](C(=O)N1C[Si](C)(C)C[C@H]1c1nc2cc(C#Cc3ccc(-c4cnc([C@@H]5CCCN5C(=O)[C@@H](NC(=O)OC)C5CCOCC5)[nH]4)cc3)ccc2[nH]1)C(C)C. The van der Waals surface area contributed by atoms with Gasteiger partial charge in [-0.1, -0.05) is 50.9 Å². The second-order valence-electron chi connectivity index (χ2n) is 16.8. The molecule has 0 spiro atoms. The van der Waals surface area contributed by atoms with E-state index in [-0.39, 0.29) is 35.7 Å². The first-order valence-corrected chi connectivity index (χ1v) is 23.8. The van der Waals surface area contributed by atoms with Gasteiger partial charge in [0.15, 0.2) is 0 Å². The van der Waals surface area contributed by atoms with Crippen LogP contribution in [0.5, 0.6) is 0 Å². The molecule has 312 valence electrons. The van der Waals surface area contributed by atoms with Gasteiger partial charge in [0, 0.05) is 37.1 Å². The van der Waals surface area contributed by atoms with Gasteiger partial charge in [0.05, 0.1) is 57.3 Å². The third kappa shape index (κ3) is 9.31. The fourth-order valence-corrected chi connectivity index (χ4v) is 11.4. The van der Waals surface area contributed by atoms with Crippen LogP contribution in [0.2, 0.25) is 19.1 Å². The summed E-state index contributed by atoms with van der Waals surface area (Å²) in [5.74, 6) is 7.59. The van der Waals surface area contributed by atoms with Crippen LogP contribution >= 0.6 is 0 Å². The number of nitrogens with zero attached hydrogens (tertiary/aromatic N) is 4. The molecule has 3 aliphatic heterocycles. The Hall–Kier alpha value is -5.66. The zero-order valence-electron chi connectivity index (χ0n) is 34.6. The van der Waals surface area contributed by atoms with E-state index in [2.05, 4.69) is 45.5 Å². The molecule has 3 aliphatic rings. The van der Waals surface area contributed by atoms with Crippen molar-refractivity contribution < 1.29 is 33.4 Å². The average Bonchev–Trinajstić information content (AvgIpc) is 4.06. The van der Waals surface area contributed by atoms with Gasteiger partial charge in [0.1, 0.15) is 23.7 Å². The third-order valence-corrected chi connectivity index (χ3v) is 14.4. The maximum atomic E-state index is 13.9. The fraction of sp³-hybridized carbons (Fsp3) is 0.488. The Labute approximate surface area is 345 Å². The molecule has 0 radical (unpaired) electrons. The van der Waals surface area contributed by atoms with Crippen molar-refractivity contribution in [2.75, 3.05) is 40.1 Å². The first kappa shape index (κ1) is 41.5. The number of aromatic nitrogens is 4. The van der Waals surface area contributed by atoms with Gasteiger partial charge < -0.3 is 44.6 Å². The van der Waals surface area contributed by atoms with Gasteiger partial charge in [-0.05, 0) is 79.5 Å². The normalized spacial score (nSPS) is 20.2. The lowest BCUT2D eigenvalue weighted by Crippen LogP contribution is -2.53. The Morgan fingerprint density at radius 2 is 1.56 bits per heavy atom. The van der Waals surface area contributed by atoms with Crippen LogP contribution in [0.25, 0.3) is 22.3 Å². The smallest absolute Gasteiger partial charge is 0.407 e. The number of carbonyl (C=O) groups is 4. The summed E-state index contributed by atoms with van der Waals surface area (Å²) >= 11 is 0. The molecule has 15 nitrogen and oxygen atoms in total. The number of amides is 4. The van der Waals surface area contributed by atoms with E-state index in [0.717, 1.165) is 58.1 Å². The van der Waals surface area contributed by atoms with Gasteiger partial charge in [0.25, 0.3) is 0 Å². The molecular formula is C43H54N8O7Si. The van der Waals surface area contributed by atoms with Crippen molar-refractivity contribution >= 4 is 43.1 Å². The van der Waals surface area contributed by atoms with E-state index in [4.69, 9.17) is 24.2 Å². The predicted molar refractivity (Wildman–Crippen MR) is 224 cm³/mol. The molecule has 7 rings (SSSR count). The van der Waals surface area contributed by atoms with Crippen molar-refractivity contribution in [2.24, 2.45) is 11.8 Å². The van der Waals surface area contributed by atoms with Crippen molar-refractivity contribution in [3.05, 3.63) is 71.4 Å². The molecule has 2 aromatic heterocycles. The first-order chi connectivity index (χ1) is 28.3. The first-order valence-electron chi connectivity index (χ1n) is 20.4. The Bertz CT molecular complexity index is 2240. The van der Waals surface area contributed by atoms with Gasteiger partial charge in [-0.2, -0.15) is 0 Å². The Morgan fingerprint density at radius 1 is 0.864 bits per heavy atom. The number of hydrogen-bond acceptors (Lipinski definition) is 9. The molecule has 0 saturated carbocycles. The molecule has 0 aliphatic carbocycles. The summed E-state index contributed by atoms with van der Waals surface area (Å²) in [7, 11) is 0.835. The summed E-state index contributed by atoms with van der Waals surface area (Å²) in [5.41, 5.74) is 5.06. The van der Waals surface area contributed by atoms with Crippen molar-refractivity contribution in [3.63, 3.8) is 0 Å². The molecule has 59 heavy (non-hydrogen) atoms. The number of hydrogen-bond donors (Lipinski definition) is 4. The highest BCUT2D eigenvalue weighted by molar-refractivity contribution is 6.78. The highest BCUT2D eigenvalue weighted by Crippen LogP contribution is 2.38. The summed E-state index contributed by atoms with van der Waals surface area (Å²) in [6.45, 7) is 10.1. The molecular weight excluding hydrogens is 769 g/mol. The number of likely N-dealkylation sites (tertiary alicyclic amines) is 1. The lowest BCUT2D eigenvalue weighted by Gasteiger charge is -2.34. The zero-order valence-corrected chi connectivity index (χ0v) is 35.6. The van der Waals surface area contributed by atoms with Crippen molar-refractivity contribution in [3.8, 4) is 23.1 Å². The van der Waals surface area contributed by atoms with Crippen LogP contribution in [0.1, 0.15) is 74.4 Å². The van der Waals surface area contributed by atoms with Crippen LogP contribution in [-0.2, 0) is 23.8 Å². The summed E-state index contributed by atoms with van der Waals surface area (Å²) in [6, 6.07) is 12.8. The minimum atomic E-state index is -1.76. The van der Waals surface area contributed by atoms with Gasteiger partial charge in [-0.25, -0.2) is 19.6 Å². The number of nitrogens with one attached hydrogen (secondary N) is 4. The topological polar surface area (TPSA) is 184 Å². The number of methoxy groups -OCH3 is 2. The quantitative estimate of drug-likeness (QED) is 0.122. The number of carbonyl (C=O) groups excluding carboxylic acids is 4. The van der Waals surface area contributed by atoms with E-state index in [1.807, 2.05) is 66.1 Å². The predicted octanol–water partition coefficient (Wildman–Crippen LogP) is 5.68. The molecule has 16 heteroatoms. The van der Waals surface area contributed by atoms with Crippen LogP contribution in [-0.4, -0.2) is 114 Å². The van der Waals surface area contributed by atoms with Gasteiger partial charge in [0.2, 0.25) is 11.8 Å². The molecule has 4 N–H and O–H groups in total. The lowest BCUT2D eigenvalue weighted by atomic mass is 9.90. The summed E-state index contributed by atoms with van der Waals surface area (Å²) in [5, 5.41) is 5.54. The van der Waals surface area contributed by atoms with Crippen molar-refractivity contribution in [2.45, 2.75) is 82.8 Å². The minimum Gasteiger partial charge on any atom is -0.453 e. The highest BCUT2D eigenvalue weighted by atomic mass is 28.3. The van der Waals surface area contributed by atoms with Crippen LogP contribution in [0.15, 0.2) is 48.7 Å². The largest absolute Gasteiger partial charge is 0.453 e. The summed E-state index contributed by atoms with van der Waals surface area (Å²) in [4.78, 5) is 72.4. The molecule has 0 unspecified atom stereocenters. The summed E-state index contributed by atoms with van der Waals surface area (Å²) < 4.78 is 15.2. The maximum Gasteiger partial charge on any atom is 0.407 e. The standard InChI is InChI=1S/C43H54N8O7Si/c1-26(2)36(48-42(54)56-3)40(52)51-25-59(5,6)24-35(51)39-45-31-16-13-28(22-32(31)46-39)10-9-27-11-14-29(15-12-27)33-23-44-38(47-33)34-8-7-19-50(34)41(53)37(49-43(55)57-4)30-17-20-58-21-18-30/h11-16,22-23,26,30,34-37H,7-8,17-21,24-25H2,1-6H3,(H,44,47)(H,45,46)(H,48,54)(H,49,55)/t34-,35-,36-,37-/m0/s1. The second kappa shape index (κ2) is 17.7. The molecule has 3 fully saturated rings. The lowest BCUT2D eigenvalue weighted by molar-refractivity contribution is -0.137. The monoisotopic (exact) mass is 822 g/mol. The van der Waals surface area contributed by atoms with E-state index in [0.29, 0.717) is 44.6 Å². The minimum absolute atomic E-state index is 0.0324. The van der Waals surface area contributed by atoms with E-state index in [1.54, 1.807) is 6.20 Å². The molecule has 2 aromatic carbocycles. The maximum absolute atomic E-state index is 13.9. The van der Waals surface area contributed by atoms with E-state index < -0.39 is 32.3 Å². The zero-order chi connectivity index (χ0) is 41.8.